The fraction of sp³-hybridized carbons (Fsp3) is 0.381. The molecule has 0 aliphatic carbocycles. The van der Waals surface area contributed by atoms with E-state index in [-0.39, 0.29) is 18.2 Å². The summed E-state index contributed by atoms with van der Waals surface area (Å²) in [5.41, 5.74) is 2.35. The second-order valence-electron chi connectivity index (χ2n) is 6.81. The fourth-order valence-corrected chi connectivity index (χ4v) is 3.88. The number of hydrogen-bond donors (Lipinski definition) is 2. The lowest BCUT2D eigenvalue weighted by molar-refractivity contribution is -0.0287. The number of halogens is 1. The van der Waals surface area contributed by atoms with Crippen LogP contribution in [0.3, 0.4) is 0 Å². The van der Waals surface area contributed by atoms with Crippen molar-refractivity contribution in [1.29, 1.82) is 0 Å². The Balaban J connectivity index is 1.43. The zero-order valence-electron chi connectivity index (χ0n) is 15.5. The molecule has 2 N–H and O–H groups in total. The van der Waals surface area contributed by atoms with Crippen molar-refractivity contribution in [3.05, 3.63) is 70.2 Å². The third-order valence-electron chi connectivity index (χ3n) is 4.68. The maximum atomic E-state index is 12.2. The molecule has 1 aliphatic heterocycles. The van der Waals surface area contributed by atoms with Crippen LogP contribution in [0.2, 0.25) is 0 Å². The Morgan fingerprint density at radius 2 is 1.96 bits per heavy atom. The lowest BCUT2D eigenvalue weighted by Gasteiger charge is -2.33. The number of carbonyl (C=O) groups excluding carboxylic acids is 1. The Morgan fingerprint density at radius 1 is 1.22 bits per heavy atom. The maximum absolute atomic E-state index is 12.2. The summed E-state index contributed by atoms with van der Waals surface area (Å²) in [4.78, 5) is 14.6. The zero-order valence-corrected chi connectivity index (χ0v) is 17.1. The molecule has 0 spiro atoms. The van der Waals surface area contributed by atoms with Gasteiger partial charge in [-0.05, 0) is 24.1 Å². The highest BCUT2D eigenvalue weighted by Crippen LogP contribution is 2.22. The van der Waals surface area contributed by atoms with Gasteiger partial charge in [0.05, 0.1) is 18.8 Å². The van der Waals surface area contributed by atoms with Gasteiger partial charge in [0.2, 0.25) is 0 Å². The molecule has 1 saturated heterocycles. The highest BCUT2D eigenvalue weighted by Gasteiger charge is 2.21. The van der Waals surface area contributed by atoms with E-state index < -0.39 is 0 Å². The van der Waals surface area contributed by atoms with Gasteiger partial charge in [0.1, 0.15) is 0 Å². The number of rotatable bonds is 6. The van der Waals surface area contributed by atoms with Crippen molar-refractivity contribution < 1.29 is 9.53 Å². The Bertz CT molecular complexity index is 741. The number of amides is 2. The van der Waals surface area contributed by atoms with Gasteiger partial charge in [-0.25, -0.2) is 4.79 Å². The second kappa shape index (κ2) is 9.88. The van der Waals surface area contributed by atoms with Gasteiger partial charge in [0, 0.05) is 30.7 Å². The summed E-state index contributed by atoms with van der Waals surface area (Å²) < 4.78 is 6.80. The van der Waals surface area contributed by atoms with Crippen LogP contribution in [0, 0.1) is 0 Å². The Kier molecular flexibility index (Phi) is 7.26. The first kappa shape index (κ1) is 19.9. The van der Waals surface area contributed by atoms with Crippen LogP contribution in [0.4, 0.5) is 4.79 Å². The van der Waals surface area contributed by atoms with Crippen LogP contribution < -0.4 is 10.6 Å². The maximum Gasteiger partial charge on any atom is 0.315 e. The van der Waals surface area contributed by atoms with Gasteiger partial charge in [0.15, 0.2) is 0 Å². The molecule has 1 fully saturated rings. The number of carbonyl (C=O) groups is 1. The summed E-state index contributed by atoms with van der Waals surface area (Å²) in [6.07, 6.45) is 0.00646. The molecule has 0 bridgehead atoms. The Morgan fingerprint density at radius 3 is 2.74 bits per heavy atom. The van der Waals surface area contributed by atoms with E-state index in [9.17, 15) is 4.79 Å². The van der Waals surface area contributed by atoms with E-state index >= 15 is 0 Å². The molecule has 5 nitrogen and oxygen atoms in total. The molecule has 2 unspecified atom stereocenters. The van der Waals surface area contributed by atoms with Crippen molar-refractivity contribution in [3.8, 4) is 0 Å². The molecule has 2 aromatic carbocycles. The highest BCUT2D eigenvalue weighted by atomic mass is 79.9. The molecule has 0 radical (unpaired) electrons. The minimum absolute atomic E-state index is 0.00646. The normalized spacial score (nSPS) is 18.7. The van der Waals surface area contributed by atoms with Gasteiger partial charge in [-0.15, -0.1) is 0 Å². The first-order valence-electron chi connectivity index (χ1n) is 9.28. The largest absolute Gasteiger partial charge is 0.374 e. The first-order chi connectivity index (χ1) is 13.1. The van der Waals surface area contributed by atoms with E-state index in [1.54, 1.807) is 0 Å². The third kappa shape index (κ3) is 6.06. The number of morpholine rings is 1. The van der Waals surface area contributed by atoms with Gasteiger partial charge in [0.25, 0.3) is 0 Å². The molecule has 2 atom stereocenters. The van der Waals surface area contributed by atoms with Crippen LogP contribution in [0.25, 0.3) is 0 Å². The molecule has 2 aromatic rings. The Labute approximate surface area is 169 Å². The van der Waals surface area contributed by atoms with Gasteiger partial charge < -0.3 is 15.4 Å². The van der Waals surface area contributed by atoms with Crippen molar-refractivity contribution in [2.75, 3.05) is 26.2 Å². The van der Waals surface area contributed by atoms with Gasteiger partial charge >= 0.3 is 6.03 Å². The molecule has 27 heavy (non-hydrogen) atoms. The van der Waals surface area contributed by atoms with Crippen molar-refractivity contribution in [2.24, 2.45) is 0 Å². The number of nitrogens with zero attached hydrogens (tertiary/aromatic N) is 1. The molecule has 1 aliphatic rings. The number of nitrogens with one attached hydrogen (secondary N) is 2. The summed E-state index contributed by atoms with van der Waals surface area (Å²) >= 11 is 3.52. The van der Waals surface area contributed by atoms with Crippen molar-refractivity contribution in [2.45, 2.75) is 25.6 Å². The second-order valence-corrected chi connectivity index (χ2v) is 7.67. The number of urea groups is 1. The van der Waals surface area contributed by atoms with Gasteiger partial charge in [-0.3, -0.25) is 4.90 Å². The highest BCUT2D eigenvalue weighted by molar-refractivity contribution is 9.10. The van der Waals surface area contributed by atoms with Crippen LogP contribution in [-0.2, 0) is 11.3 Å². The number of benzene rings is 2. The topological polar surface area (TPSA) is 53.6 Å². The summed E-state index contributed by atoms with van der Waals surface area (Å²) in [5, 5.41) is 5.92. The van der Waals surface area contributed by atoms with Gasteiger partial charge in [-0.1, -0.05) is 64.5 Å². The van der Waals surface area contributed by atoms with Crippen LogP contribution in [-0.4, -0.2) is 43.3 Å². The van der Waals surface area contributed by atoms with E-state index in [4.69, 9.17) is 4.74 Å². The van der Waals surface area contributed by atoms with E-state index in [1.807, 2.05) is 37.3 Å². The van der Waals surface area contributed by atoms with Crippen LogP contribution in [0.15, 0.2) is 59.1 Å². The monoisotopic (exact) mass is 431 g/mol. The number of hydrogen-bond acceptors (Lipinski definition) is 3. The lowest BCUT2D eigenvalue weighted by Crippen LogP contribution is -2.49. The number of ether oxygens (including phenoxy) is 1. The molecule has 144 valence electrons. The molecular weight excluding hydrogens is 406 g/mol. The van der Waals surface area contributed by atoms with Crippen molar-refractivity contribution >= 4 is 22.0 Å². The standard InChI is InChI=1S/C21H26BrN3O2/c1-16(19-9-5-6-10-20(19)22)24-21(26)23-13-18-15-25(11-12-27-18)14-17-7-3-2-4-8-17/h2-10,16,18H,11-15H2,1H3,(H2,23,24,26). The van der Waals surface area contributed by atoms with Crippen molar-refractivity contribution in [3.63, 3.8) is 0 Å². The van der Waals surface area contributed by atoms with Crippen LogP contribution in [0.5, 0.6) is 0 Å². The SMILES string of the molecule is CC(NC(=O)NCC1CN(Cc2ccccc2)CCO1)c1ccccc1Br. The van der Waals surface area contributed by atoms with Gasteiger partial charge in [-0.2, -0.15) is 0 Å². The molecular formula is C21H26BrN3O2. The summed E-state index contributed by atoms with van der Waals surface area (Å²) in [5.74, 6) is 0. The molecule has 0 aromatic heterocycles. The molecule has 1 heterocycles. The third-order valence-corrected chi connectivity index (χ3v) is 5.40. The van der Waals surface area contributed by atoms with E-state index in [0.717, 1.165) is 29.7 Å². The van der Waals surface area contributed by atoms with Crippen LogP contribution in [0.1, 0.15) is 24.1 Å². The summed E-state index contributed by atoms with van der Waals surface area (Å²) in [7, 11) is 0. The smallest absolute Gasteiger partial charge is 0.315 e. The Hall–Kier alpha value is -1.89. The average Bonchev–Trinajstić information content (AvgIpc) is 2.68. The fourth-order valence-electron chi connectivity index (χ4n) is 3.25. The summed E-state index contributed by atoms with van der Waals surface area (Å²) in [6, 6.07) is 18.1. The lowest BCUT2D eigenvalue weighted by atomic mass is 10.1. The van der Waals surface area contributed by atoms with E-state index in [0.29, 0.717) is 13.2 Å². The zero-order chi connectivity index (χ0) is 19.1. The molecule has 3 rings (SSSR count). The molecule has 6 heteroatoms. The van der Waals surface area contributed by atoms with E-state index in [1.165, 1.54) is 5.56 Å². The van der Waals surface area contributed by atoms with E-state index in [2.05, 4.69) is 55.7 Å². The molecule has 2 amide bonds. The predicted molar refractivity (Wildman–Crippen MR) is 111 cm³/mol. The van der Waals surface area contributed by atoms with Crippen LogP contribution >= 0.6 is 15.9 Å². The van der Waals surface area contributed by atoms with Crippen molar-refractivity contribution in [1.82, 2.24) is 15.5 Å². The minimum atomic E-state index is -0.179. The quantitative estimate of drug-likeness (QED) is 0.732. The predicted octanol–water partition coefficient (Wildman–Crippen LogP) is 3.71. The average molecular weight is 432 g/mol. The molecule has 0 saturated carbocycles. The minimum Gasteiger partial charge on any atom is -0.374 e. The first-order valence-corrected chi connectivity index (χ1v) is 10.1. The summed E-state index contributed by atoms with van der Waals surface area (Å²) in [6.45, 7) is 5.80.